The maximum Gasteiger partial charge on any atom is 0.0637 e. The lowest BCUT2D eigenvalue weighted by atomic mass is 9.94. The van der Waals surface area contributed by atoms with Gasteiger partial charge in [0.15, 0.2) is 0 Å². The number of nitrogens with zero attached hydrogens (tertiary/aromatic N) is 1. The van der Waals surface area contributed by atoms with Crippen LogP contribution in [0.2, 0.25) is 0 Å². The Hall–Kier alpha value is -0.890. The van der Waals surface area contributed by atoms with Gasteiger partial charge >= 0.3 is 0 Å². The molecule has 0 bridgehead atoms. The van der Waals surface area contributed by atoms with Gasteiger partial charge in [0.05, 0.1) is 11.2 Å². The van der Waals surface area contributed by atoms with E-state index in [1.807, 2.05) is 6.92 Å². The summed E-state index contributed by atoms with van der Waals surface area (Å²) in [6, 6.07) is 4.24. The molecule has 13 heavy (non-hydrogen) atoms. The zero-order valence-electron chi connectivity index (χ0n) is 8.30. The Morgan fingerprint density at radius 3 is 3.00 bits per heavy atom. The van der Waals surface area contributed by atoms with Gasteiger partial charge in [0.2, 0.25) is 0 Å². The maximum absolute atomic E-state index is 6.28. The Bertz CT molecular complexity index is 333. The minimum absolute atomic E-state index is 0.151. The Kier molecular flexibility index (Phi) is 1.88. The molecule has 2 heteroatoms. The second-order valence-corrected chi connectivity index (χ2v) is 3.97. The highest BCUT2D eigenvalue weighted by Gasteiger charge is 2.34. The number of aryl methyl sites for hydroxylation is 2. The predicted molar refractivity (Wildman–Crippen MR) is 53.5 cm³/mol. The largest absolute Gasteiger partial charge is 0.320 e. The second kappa shape index (κ2) is 2.81. The van der Waals surface area contributed by atoms with Crippen molar-refractivity contribution in [3.63, 3.8) is 0 Å². The zero-order chi connectivity index (χ0) is 9.47. The summed E-state index contributed by atoms with van der Waals surface area (Å²) in [7, 11) is 0. The molecule has 1 heterocycles. The Morgan fingerprint density at radius 1 is 1.54 bits per heavy atom. The average Bonchev–Trinajstić information content (AvgIpc) is 2.45. The van der Waals surface area contributed by atoms with E-state index in [2.05, 4.69) is 24.0 Å². The van der Waals surface area contributed by atoms with E-state index >= 15 is 0 Å². The highest BCUT2D eigenvalue weighted by molar-refractivity contribution is 5.33. The Labute approximate surface area is 79.2 Å². The van der Waals surface area contributed by atoms with Crippen molar-refractivity contribution in [1.29, 1.82) is 0 Å². The molecule has 0 saturated carbocycles. The van der Waals surface area contributed by atoms with Gasteiger partial charge in [-0.15, -0.1) is 0 Å². The number of hydrogen-bond acceptors (Lipinski definition) is 2. The first-order valence-electron chi connectivity index (χ1n) is 4.91. The summed E-state index contributed by atoms with van der Waals surface area (Å²) >= 11 is 0. The van der Waals surface area contributed by atoms with Gasteiger partial charge in [-0.1, -0.05) is 13.0 Å². The number of fused-ring (bicyclic) bond motifs is 1. The van der Waals surface area contributed by atoms with E-state index in [0.29, 0.717) is 0 Å². The monoisotopic (exact) mass is 176 g/mol. The highest BCUT2D eigenvalue weighted by Crippen LogP contribution is 2.35. The normalized spacial score (nSPS) is 26.1. The maximum atomic E-state index is 6.28. The van der Waals surface area contributed by atoms with Crippen molar-refractivity contribution >= 4 is 0 Å². The Balaban J connectivity index is 2.52. The minimum Gasteiger partial charge on any atom is -0.320 e. The molecule has 1 aromatic rings. The fourth-order valence-corrected chi connectivity index (χ4v) is 2.04. The van der Waals surface area contributed by atoms with E-state index in [0.717, 1.165) is 30.7 Å². The third kappa shape index (κ3) is 1.25. The molecular weight excluding hydrogens is 160 g/mol. The van der Waals surface area contributed by atoms with Crippen LogP contribution in [0.1, 0.15) is 36.7 Å². The predicted octanol–water partition coefficient (Wildman–Crippen LogP) is 1.90. The topological polar surface area (TPSA) is 38.9 Å². The van der Waals surface area contributed by atoms with Gasteiger partial charge in [-0.25, -0.2) is 0 Å². The van der Waals surface area contributed by atoms with Crippen molar-refractivity contribution < 1.29 is 0 Å². The minimum atomic E-state index is -0.151. The van der Waals surface area contributed by atoms with Gasteiger partial charge < -0.3 is 5.73 Å². The van der Waals surface area contributed by atoms with Crippen molar-refractivity contribution in [3.8, 4) is 0 Å². The van der Waals surface area contributed by atoms with Crippen molar-refractivity contribution in [2.24, 2.45) is 5.73 Å². The van der Waals surface area contributed by atoms with E-state index in [1.54, 1.807) is 0 Å². The smallest absolute Gasteiger partial charge is 0.0637 e. The first kappa shape index (κ1) is 8.70. The van der Waals surface area contributed by atoms with Gasteiger partial charge in [-0.3, -0.25) is 4.98 Å². The fourth-order valence-electron chi connectivity index (χ4n) is 2.04. The number of rotatable bonds is 1. The molecule has 1 aliphatic carbocycles. The summed E-state index contributed by atoms with van der Waals surface area (Å²) in [5.74, 6) is 0. The summed E-state index contributed by atoms with van der Waals surface area (Å²) < 4.78 is 0. The van der Waals surface area contributed by atoms with Crippen LogP contribution in [0.4, 0.5) is 0 Å². The SMILES string of the molecule is CC[C@]1(N)CCc2ccc(C)nc21. The quantitative estimate of drug-likeness (QED) is 0.709. The van der Waals surface area contributed by atoms with Crippen LogP contribution in [0, 0.1) is 6.92 Å². The van der Waals surface area contributed by atoms with E-state index in [-0.39, 0.29) is 5.54 Å². The molecule has 2 nitrogen and oxygen atoms in total. The van der Waals surface area contributed by atoms with Crippen LogP contribution < -0.4 is 5.73 Å². The third-order valence-corrected chi connectivity index (χ3v) is 3.06. The molecule has 1 aliphatic rings. The molecule has 2 rings (SSSR count). The van der Waals surface area contributed by atoms with Crippen molar-refractivity contribution in [2.75, 3.05) is 0 Å². The molecule has 0 amide bonds. The molecule has 2 N–H and O–H groups in total. The van der Waals surface area contributed by atoms with Crippen LogP contribution in [0.3, 0.4) is 0 Å². The number of hydrogen-bond donors (Lipinski definition) is 1. The first-order chi connectivity index (χ1) is 6.15. The lowest BCUT2D eigenvalue weighted by molar-refractivity contribution is 0.415. The third-order valence-electron chi connectivity index (χ3n) is 3.06. The number of nitrogens with two attached hydrogens (primary N) is 1. The lowest BCUT2D eigenvalue weighted by Gasteiger charge is -2.22. The van der Waals surface area contributed by atoms with E-state index in [4.69, 9.17) is 5.73 Å². The lowest BCUT2D eigenvalue weighted by Crippen LogP contribution is -2.34. The molecular formula is C11H16N2. The standard InChI is InChI=1S/C11H16N2/c1-3-11(12)7-6-9-5-4-8(2)13-10(9)11/h4-5H,3,6-7,12H2,1-2H3/t11-/m0/s1. The van der Waals surface area contributed by atoms with Crippen LogP contribution in [0.5, 0.6) is 0 Å². The molecule has 1 atom stereocenters. The molecule has 0 aromatic carbocycles. The van der Waals surface area contributed by atoms with Gasteiger partial charge in [0.1, 0.15) is 0 Å². The summed E-state index contributed by atoms with van der Waals surface area (Å²) in [6.07, 6.45) is 3.12. The van der Waals surface area contributed by atoms with Crippen LogP contribution >= 0.6 is 0 Å². The average molecular weight is 176 g/mol. The Morgan fingerprint density at radius 2 is 2.31 bits per heavy atom. The highest BCUT2D eigenvalue weighted by atomic mass is 14.9. The molecule has 0 aliphatic heterocycles. The molecule has 1 aromatic heterocycles. The molecule has 0 fully saturated rings. The van der Waals surface area contributed by atoms with Crippen molar-refractivity contribution in [1.82, 2.24) is 4.98 Å². The van der Waals surface area contributed by atoms with Crippen molar-refractivity contribution in [2.45, 2.75) is 38.6 Å². The van der Waals surface area contributed by atoms with E-state index in [1.165, 1.54) is 5.56 Å². The summed E-state index contributed by atoms with van der Waals surface area (Å²) in [5, 5.41) is 0. The van der Waals surface area contributed by atoms with Crippen LogP contribution in [-0.4, -0.2) is 4.98 Å². The molecule has 70 valence electrons. The van der Waals surface area contributed by atoms with E-state index < -0.39 is 0 Å². The number of pyridine rings is 1. The number of aromatic nitrogens is 1. The van der Waals surface area contributed by atoms with Gasteiger partial charge in [-0.2, -0.15) is 0 Å². The van der Waals surface area contributed by atoms with Gasteiger partial charge in [-0.05, 0) is 37.8 Å². The summed E-state index contributed by atoms with van der Waals surface area (Å²) in [4.78, 5) is 4.55. The van der Waals surface area contributed by atoms with Crippen LogP contribution in [0.25, 0.3) is 0 Å². The fraction of sp³-hybridized carbons (Fsp3) is 0.545. The van der Waals surface area contributed by atoms with Gasteiger partial charge in [0, 0.05) is 5.69 Å². The van der Waals surface area contributed by atoms with Crippen LogP contribution in [0.15, 0.2) is 12.1 Å². The molecule has 0 unspecified atom stereocenters. The molecule has 0 radical (unpaired) electrons. The van der Waals surface area contributed by atoms with Crippen molar-refractivity contribution in [3.05, 3.63) is 29.1 Å². The summed E-state index contributed by atoms with van der Waals surface area (Å²) in [6.45, 7) is 4.16. The zero-order valence-corrected chi connectivity index (χ0v) is 8.30. The molecule has 0 saturated heterocycles. The molecule has 0 spiro atoms. The second-order valence-electron chi connectivity index (χ2n) is 3.97. The summed E-state index contributed by atoms with van der Waals surface area (Å²) in [5.41, 5.74) is 9.67. The van der Waals surface area contributed by atoms with Crippen LogP contribution in [-0.2, 0) is 12.0 Å². The van der Waals surface area contributed by atoms with Gasteiger partial charge in [0.25, 0.3) is 0 Å². The first-order valence-corrected chi connectivity index (χ1v) is 4.91. The van der Waals surface area contributed by atoms with E-state index in [9.17, 15) is 0 Å².